The molecule has 0 bridgehead atoms. The highest BCUT2D eigenvalue weighted by Crippen LogP contribution is 2.31. The van der Waals surface area contributed by atoms with Gasteiger partial charge in [-0.05, 0) is 35.4 Å². The maximum absolute atomic E-state index is 12.8. The van der Waals surface area contributed by atoms with Crippen molar-refractivity contribution in [2.24, 2.45) is 0 Å². The van der Waals surface area contributed by atoms with Crippen LogP contribution in [-0.2, 0) is 0 Å². The Bertz CT molecular complexity index is 1200. The number of hydrogen-bond donors (Lipinski definition) is 2. The minimum Gasteiger partial charge on any atom is -0.375 e. The van der Waals surface area contributed by atoms with Crippen LogP contribution in [0.4, 0.5) is 16.5 Å². The van der Waals surface area contributed by atoms with Gasteiger partial charge in [-0.2, -0.15) is 0 Å². The predicted octanol–water partition coefficient (Wildman–Crippen LogP) is 5.22. The number of thiazole rings is 1. The van der Waals surface area contributed by atoms with Crippen molar-refractivity contribution in [2.75, 3.05) is 11.1 Å². The van der Waals surface area contributed by atoms with Crippen LogP contribution in [0, 0.1) is 10.1 Å². The van der Waals surface area contributed by atoms with Gasteiger partial charge in [0.25, 0.3) is 11.6 Å². The summed E-state index contributed by atoms with van der Waals surface area (Å²) in [6, 6.07) is 23.3. The van der Waals surface area contributed by atoms with E-state index in [0.717, 1.165) is 22.5 Å². The largest absolute Gasteiger partial charge is 0.375 e. The molecule has 8 heteroatoms. The fourth-order valence-corrected chi connectivity index (χ4v) is 3.74. The number of benzene rings is 3. The number of anilines is 2. The first kappa shape index (κ1) is 19.3. The zero-order valence-corrected chi connectivity index (χ0v) is 16.4. The Hall–Kier alpha value is -4.04. The van der Waals surface area contributed by atoms with E-state index in [1.807, 2.05) is 54.6 Å². The van der Waals surface area contributed by atoms with Gasteiger partial charge in [0.2, 0.25) is 0 Å². The highest BCUT2D eigenvalue weighted by Gasteiger charge is 2.19. The van der Waals surface area contributed by atoms with Crippen LogP contribution in [0.5, 0.6) is 0 Å². The van der Waals surface area contributed by atoms with Crippen LogP contribution in [0.1, 0.15) is 9.67 Å². The number of hydrogen-bond acceptors (Lipinski definition) is 6. The van der Waals surface area contributed by atoms with Crippen molar-refractivity contribution in [3.05, 3.63) is 93.9 Å². The van der Waals surface area contributed by atoms with Gasteiger partial charge in [0.1, 0.15) is 4.88 Å². The summed E-state index contributed by atoms with van der Waals surface area (Å²) in [5.41, 5.74) is 9.54. The van der Waals surface area contributed by atoms with Crippen molar-refractivity contribution in [2.45, 2.75) is 0 Å². The molecular formula is C22H16N4O3S. The summed E-state index contributed by atoms with van der Waals surface area (Å²) in [7, 11) is 0. The zero-order chi connectivity index (χ0) is 21.1. The van der Waals surface area contributed by atoms with Gasteiger partial charge >= 0.3 is 0 Å². The van der Waals surface area contributed by atoms with E-state index in [0.29, 0.717) is 21.8 Å². The number of carbonyl (C=O) groups is 1. The molecule has 30 heavy (non-hydrogen) atoms. The third kappa shape index (κ3) is 4.03. The fourth-order valence-electron chi connectivity index (χ4n) is 2.99. The lowest BCUT2D eigenvalue weighted by Crippen LogP contribution is -2.11. The molecule has 0 saturated carbocycles. The topological polar surface area (TPSA) is 111 Å². The summed E-state index contributed by atoms with van der Waals surface area (Å²) < 4.78 is 0. The molecule has 3 aromatic carbocycles. The first-order valence-corrected chi connectivity index (χ1v) is 9.81. The molecule has 4 rings (SSSR count). The van der Waals surface area contributed by atoms with Crippen LogP contribution in [-0.4, -0.2) is 15.8 Å². The lowest BCUT2D eigenvalue weighted by atomic mass is 10.1. The lowest BCUT2D eigenvalue weighted by molar-refractivity contribution is -0.384. The van der Waals surface area contributed by atoms with E-state index in [9.17, 15) is 14.9 Å². The number of amides is 1. The molecule has 148 valence electrons. The summed E-state index contributed by atoms with van der Waals surface area (Å²) in [6.07, 6.45) is 0. The van der Waals surface area contributed by atoms with Gasteiger partial charge in [0.15, 0.2) is 5.13 Å². The highest BCUT2D eigenvalue weighted by atomic mass is 32.1. The van der Waals surface area contributed by atoms with Crippen LogP contribution >= 0.6 is 11.3 Å². The molecule has 0 unspecified atom stereocenters. The number of nitrogens with zero attached hydrogens (tertiary/aromatic N) is 2. The number of nitro groups is 1. The van der Waals surface area contributed by atoms with Crippen molar-refractivity contribution >= 4 is 33.8 Å². The summed E-state index contributed by atoms with van der Waals surface area (Å²) in [5.74, 6) is -0.343. The fraction of sp³-hybridized carbons (Fsp3) is 0. The molecule has 0 aliphatic carbocycles. The van der Waals surface area contributed by atoms with E-state index in [1.54, 1.807) is 12.1 Å². The second-order valence-electron chi connectivity index (χ2n) is 6.43. The van der Waals surface area contributed by atoms with Gasteiger partial charge in [-0.1, -0.05) is 53.8 Å². The molecular weight excluding hydrogens is 400 g/mol. The molecule has 0 atom stereocenters. The molecule has 0 aliphatic heterocycles. The van der Waals surface area contributed by atoms with Crippen molar-refractivity contribution in [3.8, 4) is 22.4 Å². The standard InChI is InChI=1S/C22H16N4O3S/c23-22-25-19(16-8-12-18(13-9-16)26(28)29)20(30-22)21(27)24-17-10-6-15(7-11-17)14-4-2-1-3-5-14/h1-13H,(H2,23,25)(H,24,27). The predicted molar refractivity (Wildman–Crippen MR) is 118 cm³/mol. The average molecular weight is 416 g/mol. The molecule has 0 radical (unpaired) electrons. The number of carbonyl (C=O) groups excluding carboxylic acids is 1. The van der Waals surface area contributed by atoms with E-state index in [2.05, 4.69) is 10.3 Å². The SMILES string of the molecule is Nc1nc(-c2ccc([N+](=O)[O-])cc2)c(C(=O)Nc2ccc(-c3ccccc3)cc2)s1. The van der Waals surface area contributed by atoms with E-state index in [1.165, 1.54) is 12.1 Å². The number of aromatic nitrogens is 1. The van der Waals surface area contributed by atoms with Gasteiger partial charge in [-0.25, -0.2) is 4.98 Å². The summed E-state index contributed by atoms with van der Waals surface area (Å²) >= 11 is 1.07. The molecule has 0 aliphatic rings. The molecule has 1 heterocycles. The van der Waals surface area contributed by atoms with E-state index in [-0.39, 0.29) is 16.7 Å². The second-order valence-corrected chi connectivity index (χ2v) is 7.46. The van der Waals surface area contributed by atoms with Crippen LogP contribution < -0.4 is 11.1 Å². The minimum atomic E-state index is -0.480. The Morgan fingerprint density at radius 3 is 2.13 bits per heavy atom. The Balaban J connectivity index is 1.56. The van der Waals surface area contributed by atoms with Gasteiger partial charge in [0.05, 0.1) is 10.6 Å². The van der Waals surface area contributed by atoms with Gasteiger partial charge < -0.3 is 11.1 Å². The van der Waals surface area contributed by atoms with Crippen LogP contribution in [0.3, 0.4) is 0 Å². The Morgan fingerprint density at radius 1 is 0.900 bits per heavy atom. The normalized spacial score (nSPS) is 10.5. The molecule has 0 fully saturated rings. The maximum Gasteiger partial charge on any atom is 0.269 e. The Labute approximate surface area is 176 Å². The zero-order valence-electron chi connectivity index (χ0n) is 15.6. The third-order valence-electron chi connectivity index (χ3n) is 4.45. The molecule has 3 N–H and O–H groups in total. The first-order chi connectivity index (χ1) is 14.5. The summed E-state index contributed by atoms with van der Waals surface area (Å²) in [6.45, 7) is 0. The van der Waals surface area contributed by atoms with Crippen LogP contribution in [0.25, 0.3) is 22.4 Å². The van der Waals surface area contributed by atoms with Crippen molar-refractivity contribution in [3.63, 3.8) is 0 Å². The number of nitrogens with one attached hydrogen (secondary N) is 1. The van der Waals surface area contributed by atoms with Crippen molar-refractivity contribution in [1.29, 1.82) is 0 Å². The van der Waals surface area contributed by atoms with Crippen molar-refractivity contribution < 1.29 is 9.72 Å². The third-order valence-corrected chi connectivity index (χ3v) is 5.33. The number of rotatable bonds is 5. The van der Waals surface area contributed by atoms with E-state index < -0.39 is 4.92 Å². The van der Waals surface area contributed by atoms with E-state index in [4.69, 9.17) is 5.73 Å². The van der Waals surface area contributed by atoms with E-state index >= 15 is 0 Å². The smallest absolute Gasteiger partial charge is 0.269 e. The summed E-state index contributed by atoms with van der Waals surface area (Å²) in [5, 5.41) is 14.0. The lowest BCUT2D eigenvalue weighted by Gasteiger charge is -2.07. The number of nitrogens with two attached hydrogens (primary N) is 1. The highest BCUT2D eigenvalue weighted by molar-refractivity contribution is 7.17. The maximum atomic E-state index is 12.8. The molecule has 0 spiro atoms. The average Bonchev–Trinajstić information content (AvgIpc) is 3.17. The molecule has 1 aromatic heterocycles. The molecule has 7 nitrogen and oxygen atoms in total. The Morgan fingerprint density at radius 2 is 1.50 bits per heavy atom. The molecule has 1 amide bonds. The number of nitrogen functional groups attached to an aromatic ring is 1. The monoisotopic (exact) mass is 416 g/mol. The van der Waals surface area contributed by atoms with Crippen LogP contribution in [0.2, 0.25) is 0 Å². The quantitative estimate of drug-likeness (QED) is 0.342. The second kappa shape index (κ2) is 8.14. The van der Waals surface area contributed by atoms with Gasteiger partial charge in [-0.15, -0.1) is 0 Å². The molecule has 4 aromatic rings. The summed E-state index contributed by atoms with van der Waals surface area (Å²) in [4.78, 5) is 27.8. The number of nitro benzene ring substituents is 1. The molecule has 0 saturated heterocycles. The van der Waals surface area contributed by atoms with Gasteiger partial charge in [0, 0.05) is 23.4 Å². The first-order valence-electron chi connectivity index (χ1n) is 8.99. The van der Waals surface area contributed by atoms with Crippen LogP contribution in [0.15, 0.2) is 78.9 Å². The number of non-ortho nitro benzene ring substituents is 1. The van der Waals surface area contributed by atoms with Crippen molar-refractivity contribution in [1.82, 2.24) is 4.98 Å². The Kier molecular flexibility index (Phi) is 5.23. The minimum absolute atomic E-state index is 0.0357. The van der Waals surface area contributed by atoms with Gasteiger partial charge in [-0.3, -0.25) is 14.9 Å².